The van der Waals surface area contributed by atoms with Crippen LogP contribution in [0.25, 0.3) is 0 Å². The Kier molecular flexibility index (Phi) is 5.30. The topological polar surface area (TPSA) is 18.5 Å². The summed E-state index contributed by atoms with van der Waals surface area (Å²) in [6.07, 6.45) is 0. The molecule has 0 atom stereocenters. The lowest BCUT2D eigenvalue weighted by molar-refractivity contribution is 0.131. The molecular weight excluding hydrogens is 276 g/mol. The minimum atomic E-state index is -1.59. The van der Waals surface area contributed by atoms with Crippen molar-refractivity contribution in [3.63, 3.8) is 0 Å². The van der Waals surface area contributed by atoms with Gasteiger partial charge in [0.25, 0.3) is 0 Å². The molecule has 0 saturated heterocycles. The zero-order valence-electron chi connectivity index (χ0n) is 14.6. The highest BCUT2D eigenvalue weighted by atomic mass is 28.4. The molecule has 21 heavy (non-hydrogen) atoms. The Morgan fingerprint density at radius 1 is 0.905 bits per heavy atom. The van der Waals surface area contributed by atoms with Gasteiger partial charge >= 0.3 is 0 Å². The number of hydrogen-bond donors (Lipinski definition) is 0. The smallest absolute Gasteiger partial charge is 0.185 e. The molecule has 116 valence electrons. The summed E-state index contributed by atoms with van der Waals surface area (Å²) in [6.45, 7) is 16.7. The molecule has 0 fully saturated rings. The monoisotopic (exact) mass is 304 g/mol. The third-order valence-corrected chi connectivity index (χ3v) is 3.47. The van der Waals surface area contributed by atoms with Gasteiger partial charge < -0.3 is 9.16 Å². The lowest BCUT2D eigenvalue weighted by atomic mass is 10.1. The normalized spacial score (nSPS) is 12.6. The zero-order chi connectivity index (χ0) is 16.3. The highest BCUT2D eigenvalue weighted by Crippen LogP contribution is 2.19. The van der Waals surface area contributed by atoms with Gasteiger partial charge in [0.05, 0.1) is 0 Å². The summed E-state index contributed by atoms with van der Waals surface area (Å²) in [4.78, 5) is 0. The van der Waals surface area contributed by atoms with Crippen molar-refractivity contribution in [3.05, 3.63) is 29.8 Å². The van der Waals surface area contributed by atoms with E-state index in [1.54, 1.807) is 0 Å². The van der Waals surface area contributed by atoms with E-state index < -0.39 is 13.9 Å². The van der Waals surface area contributed by atoms with E-state index in [4.69, 9.17) is 9.16 Å². The molecule has 0 aromatic heterocycles. The van der Waals surface area contributed by atoms with Crippen molar-refractivity contribution in [2.75, 3.05) is 0 Å². The maximum absolute atomic E-state index is 6.08. The summed E-state index contributed by atoms with van der Waals surface area (Å²) >= 11 is 0. The maximum atomic E-state index is 6.08. The molecule has 0 radical (unpaired) electrons. The van der Waals surface area contributed by atoms with E-state index in [-0.39, 0.29) is 5.60 Å². The number of hydrogen-bond acceptors (Lipinski definition) is 2. The first-order chi connectivity index (χ1) is 9.36. The minimum Gasteiger partial charge on any atom is -0.488 e. The van der Waals surface area contributed by atoms with Crippen molar-refractivity contribution in [3.8, 4) is 17.6 Å². The Labute approximate surface area is 131 Å². The molecule has 1 rings (SSSR count). The predicted molar refractivity (Wildman–Crippen MR) is 92.2 cm³/mol. The van der Waals surface area contributed by atoms with Crippen LogP contribution in [0, 0.1) is 11.8 Å². The predicted octanol–water partition coefficient (Wildman–Crippen LogP) is 4.85. The number of ether oxygens (including phenoxy) is 1. The van der Waals surface area contributed by atoms with E-state index in [0.717, 1.165) is 11.3 Å². The summed E-state index contributed by atoms with van der Waals surface area (Å²) in [5.41, 5.74) is 0.384. The average Bonchev–Trinajstić information content (AvgIpc) is 2.23. The first-order valence-corrected chi connectivity index (χ1v) is 10.8. The van der Waals surface area contributed by atoms with E-state index in [1.165, 1.54) is 0 Å². The van der Waals surface area contributed by atoms with Crippen LogP contribution in [0.4, 0.5) is 0 Å². The first kappa shape index (κ1) is 17.8. The van der Waals surface area contributed by atoms with Gasteiger partial charge in [-0.3, -0.25) is 0 Å². The van der Waals surface area contributed by atoms with Crippen LogP contribution in [-0.2, 0) is 4.43 Å². The van der Waals surface area contributed by atoms with Gasteiger partial charge in [-0.05, 0) is 78.5 Å². The Balaban J connectivity index is 2.79. The van der Waals surface area contributed by atoms with Crippen LogP contribution >= 0.6 is 0 Å². The Morgan fingerprint density at radius 3 is 1.86 bits per heavy atom. The molecule has 1 aromatic carbocycles. The van der Waals surface area contributed by atoms with Crippen molar-refractivity contribution < 1.29 is 9.16 Å². The summed E-state index contributed by atoms with van der Waals surface area (Å²) in [6, 6.07) is 7.89. The fraction of sp³-hybridized carbons (Fsp3) is 0.556. The van der Waals surface area contributed by atoms with Gasteiger partial charge in [0.2, 0.25) is 0 Å². The number of benzene rings is 1. The SMILES string of the molecule is CC(C)(C)Oc1ccc(C#CC(C)(C)O[Si](C)(C)C)cc1. The summed E-state index contributed by atoms with van der Waals surface area (Å²) in [7, 11) is -1.59. The van der Waals surface area contributed by atoms with E-state index in [2.05, 4.69) is 31.5 Å². The van der Waals surface area contributed by atoms with Gasteiger partial charge in [-0.2, -0.15) is 0 Å². The second-order valence-electron chi connectivity index (χ2n) is 7.71. The highest BCUT2D eigenvalue weighted by Gasteiger charge is 2.25. The molecule has 0 saturated carbocycles. The fourth-order valence-corrected chi connectivity index (χ4v) is 3.56. The van der Waals surface area contributed by atoms with Crippen LogP contribution in [-0.4, -0.2) is 19.5 Å². The van der Waals surface area contributed by atoms with Crippen molar-refractivity contribution >= 4 is 8.32 Å². The van der Waals surface area contributed by atoms with E-state index in [9.17, 15) is 0 Å². The Bertz CT molecular complexity index is 520. The molecule has 1 aromatic rings. The second kappa shape index (κ2) is 6.25. The average molecular weight is 305 g/mol. The highest BCUT2D eigenvalue weighted by molar-refractivity contribution is 6.69. The lowest BCUT2D eigenvalue weighted by Gasteiger charge is -2.28. The summed E-state index contributed by atoms with van der Waals surface area (Å²) < 4.78 is 11.9. The molecule has 0 spiro atoms. The first-order valence-electron chi connectivity index (χ1n) is 7.39. The van der Waals surface area contributed by atoms with Crippen molar-refractivity contribution in [1.29, 1.82) is 0 Å². The van der Waals surface area contributed by atoms with Crippen LogP contribution in [0.1, 0.15) is 40.2 Å². The largest absolute Gasteiger partial charge is 0.488 e. The molecule has 0 aliphatic heterocycles. The number of rotatable bonds is 3. The molecule has 0 unspecified atom stereocenters. The van der Waals surface area contributed by atoms with Crippen molar-refractivity contribution in [2.45, 2.75) is 65.5 Å². The summed E-state index contributed by atoms with van der Waals surface area (Å²) in [5.74, 6) is 7.28. The molecule has 0 amide bonds. The Morgan fingerprint density at radius 2 is 1.43 bits per heavy atom. The van der Waals surface area contributed by atoms with Gasteiger partial charge in [0.15, 0.2) is 8.32 Å². The van der Waals surface area contributed by atoms with E-state index in [0.29, 0.717) is 0 Å². The van der Waals surface area contributed by atoms with Crippen LogP contribution in [0.3, 0.4) is 0 Å². The molecule has 3 heteroatoms. The summed E-state index contributed by atoms with van der Waals surface area (Å²) in [5, 5.41) is 0. The van der Waals surface area contributed by atoms with Gasteiger partial charge in [-0.1, -0.05) is 11.8 Å². The van der Waals surface area contributed by atoms with Crippen molar-refractivity contribution in [1.82, 2.24) is 0 Å². The molecule has 0 aliphatic carbocycles. The molecule has 0 N–H and O–H groups in total. The second-order valence-corrected chi connectivity index (χ2v) is 12.1. The minimum absolute atomic E-state index is 0.180. The van der Waals surface area contributed by atoms with Gasteiger partial charge in [-0.25, -0.2) is 0 Å². The quantitative estimate of drug-likeness (QED) is 0.587. The van der Waals surface area contributed by atoms with Gasteiger partial charge in [0, 0.05) is 5.56 Å². The van der Waals surface area contributed by atoms with E-state index >= 15 is 0 Å². The van der Waals surface area contributed by atoms with Crippen LogP contribution in [0.2, 0.25) is 19.6 Å². The standard InChI is InChI=1S/C18H28O2Si/c1-17(2,3)19-16-11-9-15(10-12-16)13-14-18(4,5)20-21(6,7)8/h9-12H,1-8H3. The Hall–Kier alpha value is -1.24. The fourth-order valence-electron chi connectivity index (χ4n) is 1.97. The molecule has 0 heterocycles. The van der Waals surface area contributed by atoms with Crippen molar-refractivity contribution in [2.24, 2.45) is 0 Å². The third-order valence-electron chi connectivity index (χ3n) is 2.35. The van der Waals surface area contributed by atoms with Gasteiger partial charge in [-0.15, -0.1) is 0 Å². The third kappa shape index (κ3) is 7.94. The van der Waals surface area contributed by atoms with Crippen LogP contribution in [0.15, 0.2) is 24.3 Å². The zero-order valence-corrected chi connectivity index (χ0v) is 15.6. The molecule has 0 bridgehead atoms. The molecule has 2 nitrogen and oxygen atoms in total. The molecular formula is C18H28O2Si. The van der Waals surface area contributed by atoms with E-state index in [1.807, 2.05) is 58.9 Å². The van der Waals surface area contributed by atoms with Crippen LogP contribution < -0.4 is 4.74 Å². The van der Waals surface area contributed by atoms with Gasteiger partial charge in [0.1, 0.15) is 17.0 Å². The molecule has 0 aliphatic rings. The maximum Gasteiger partial charge on any atom is 0.185 e. The van der Waals surface area contributed by atoms with Crippen LogP contribution in [0.5, 0.6) is 5.75 Å². The lowest BCUT2D eigenvalue weighted by Crippen LogP contribution is -2.37.